The van der Waals surface area contributed by atoms with Gasteiger partial charge in [-0.1, -0.05) is 43.6 Å². The normalized spacial score (nSPS) is 12.4. The maximum atomic E-state index is 12.3. The number of carbonyl (C=O) groups is 1. The Balaban J connectivity index is 1.98. The Kier molecular flexibility index (Phi) is 5.61. The Morgan fingerprint density at radius 3 is 2.68 bits per heavy atom. The van der Waals surface area contributed by atoms with Gasteiger partial charge >= 0.3 is 0 Å². The highest BCUT2D eigenvalue weighted by Crippen LogP contribution is 2.20. The predicted molar refractivity (Wildman–Crippen MR) is 88.7 cm³/mol. The van der Waals surface area contributed by atoms with E-state index >= 15 is 0 Å². The van der Waals surface area contributed by atoms with Gasteiger partial charge in [-0.05, 0) is 24.0 Å². The number of hydrogen-bond donors (Lipinski definition) is 1. The average Bonchev–Trinajstić information content (AvgIpc) is 2.89. The number of rotatable bonds is 6. The molecule has 1 heterocycles. The van der Waals surface area contributed by atoms with Gasteiger partial charge in [0.05, 0.1) is 6.04 Å². The molecule has 1 N–H and O–H groups in total. The Hall–Kier alpha value is -1.81. The fraction of sp³-hybridized carbons (Fsp3) is 0.412. The van der Waals surface area contributed by atoms with Crippen LogP contribution >= 0.6 is 11.6 Å². The molecular formula is C17H22ClN3O. The van der Waals surface area contributed by atoms with Gasteiger partial charge < -0.3 is 9.88 Å². The highest BCUT2D eigenvalue weighted by Gasteiger charge is 2.21. The summed E-state index contributed by atoms with van der Waals surface area (Å²) < 4.78 is 1.94. The number of aromatic nitrogens is 2. The van der Waals surface area contributed by atoms with E-state index in [0.717, 1.165) is 11.4 Å². The molecule has 2 rings (SSSR count). The Morgan fingerprint density at radius 2 is 2.09 bits per heavy atom. The summed E-state index contributed by atoms with van der Waals surface area (Å²) in [6.45, 7) is 4.15. The molecule has 0 spiro atoms. The van der Waals surface area contributed by atoms with E-state index in [2.05, 4.69) is 24.1 Å². The summed E-state index contributed by atoms with van der Waals surface area (Å²) in [4.78, 5) is 16.6. The standard InChI is InChI=1S/C17H22ClN3O/c1-12(2)16(17-19-10-11-21(17)3)20-15(22)9-8-13-6-4-5-7-14(13)18/h4-7,10-12,16H,8-9H2,1-3H3,(H,20,22)/t16-/m0/s1. The number of amides is 1. The van der Waals surface area contributed by atoms with Crippen molar-refractivity contribution in [3.05, 3.63) is 53.1 Å². The van der Waals surface area contributed by atoms with Crippen molar-refractivity contribution in [2.45, 2.75) is 32.7 Å². The molecule has 22 heavy (non-hydrogen) atoms. The molecule has 0 fully saturated rings. The third kappa shape index (κ3) is 4.10. The summed E-state index contributed by atoms with van der Waals surface area (Å²) in [6, 6.07) is 7.54. The second-order valence-electron chi connectivity index (χ2n) is 5.78. The maximum Gasteiger partial charge on any atom is 0.220 e. The van der Waals surface area contributed by atoms with Gasteiger partial charge in [-0.2, -0.15) is 0 Å². The number of nitrogens with zero attached hydrogens (tertiary/aromatic N) is 2. The van der Waals surface area contributed by atoms with Crippen LogP contribution in [0.5, 0.6) is 0 Å². The minimum Gasteiger partial charge on any atom is -0.346 e. The average molecular weight is 320 g/mol. The van der Waals surface area contributed by atoms with Gasteiger partial charge in [0.1, 0.15) is 5.82 Å². The van der Waals surface area contributed by atoms with Gasteiger partial charge in [0.15, 0.2) is 0 Å². The van der Waals surface area contributed by atoms with Crippen molar-refractivity contribution >= 4 is 17.5 Å². The van der Waals surface area contributed by atoms with Crippen LogP contribution in [0.1, 0.15) is 37.7 Å². The maximum absolute atomic E-state index is 12.3. The molecule has 1 aromatic carbocycles. The molecule has 5 heteroatoms. The topological polar surface area (TPSA) is 46.9 Å². The lowest BCUT2D eigenvalue weighted by atomic mass is 10.0. The van der Waals surface area contributed by atoms with Gasteiger partial charge in [-0.3, -0.25) is 4.79 Å². The van der Waals surface area contributed by atoms with Crippen molar-refractivity contribution in [3.63, 3.8) is 0 Å². The van der Waals surface area contributed by atoms with Crippen LogP contribution in [-0.4, -0.2) is 15.5 Å². The van der Waals surface area contributed by atoms with Gasteiger partial charge in [-0.25, -0.2) is 4.98 Å². The van der Waals surface area contributed by atoms with Gasteiger partial charge in [-0.15, -0.1) is 0 Å². The summed E-state index contributed by atoms with van der Waals surface area (Å²) in [5, 5.41) is 3.79. The van der Waals surface area contributed by atoms with Crippen molar-refractivity contribution in [2.75, 3.05) is 0 Å². The third-order valence-electron chi connectivity index (χ3n) is 3.70. The molecule has 0 radical (unpaired) electrons. The first kappa shape index (κ1) is 16.6. The molecule has 0 aliphatic rings. The van der Waals surface area contributed by atoms with Gasteiger partial charge in [0.25, 0.3) is 0 Å². The summed E-state index contributed by atoms with van der Waals surface area (Å²) in [5.41, 5.74) is 0.998. The van der Waals surface area contributed by atoms with Crippen LogP contribution in [0.3, 0.4) is 0 Å². The van der Waals surface area contributed by atoms with Gasteiger partial charge in [0.2, 0.25) is 5.91 Å². The number of imidazole rings is 1. The van der Waals surface area contributed by atoms with E-state index in [9.17, 15) is 4.79 Å². The van der Waals surface area contributed by atoms with Crippen molar-refractivity contribution in [2.24, 2.45) is 13.0 Å². The van der Waals surface area contributed by atoms with Gasteiger partial charge in [0, 0.05) is 30.9 Å². The molecule has 1 aromatic heterocycles. The highest BCUT2D eigenvalue weighted by atomic mass is 35.5. The number of benzene rings is 1. The highest BCUT2D eigenvalue weighted by molar-refractivity contribution is 6.31. The fourth-order valence-electron chi connectivity index (χ4n) is 2.40. The summed E-state index contributed by atoms with van der Waals surface area (Å²) in [7, 11) is 1.94. The number of hydrogen-bond acceptors (Lipinski definition) is 2. The largest absolute Gasteiger partial charge is 0.346 e. The van der Waals surface area contributed by atoms with Crippen LogP contribution in [0, 0.1) is 5.92 Å². The van der Waals surface area contributed by atoms with Crippen LogP contribution < -0.4 is 5.32 Å². The van der Waals surface area contributed by atoms with Crippen LogP contribution in [0.2, 0.25) is 5.02 Å². The van der Waals surface area contributed by atoms with Crippen LogP contribution in [-0.2, 0) is 18.3 Å². The van der Waals surface area contributed by atoms with Crippen LogP contribution in [0.25, 0.3) is 0 Å². The smallest absolute Gasteiger partial charge is 0.220 e. The number of nitrogens with one attached hydrogen (secondary N) is 1. The predicted octanol–water partition coefficient (Wildman–Crippen LogP) is 3.52. The lowest BCUT2D eigenvalue weighted by Gasteiger charge is -2.22. The van der Waals surface area contributed by atoms with Crippen molar-refractivity contribution < 1.29 is 4.79 Å². The molecular weight excluding hydrogens is 298 g/mol. The second-order valence-corrected chi connectivity index (χ2v) is 6.18. The van der Waals surface area contributed by atoms with Crippen LogP contribution in [0.4, 0.5) is 0 Å². The minimum atomic E-state index is -0.0845. The minimum absolute atomic E-state index is 0.0154. The first-order valence-electron chi connectivity index (χ1n) is 7.49. The zero-order valence-electron chi connectivity index (χ0n) is 13.2. The zero-order valence-corrected chi connectivity index (χ0v) is 14.0. The molecule has 0 unspecified atom stereocenters. The number of aryl methyl sites for hydroxylation is 2. The van der Waals surface area contributed by atoms with E-state index in [1.807, 2.05) is 42.1 Å². The van der Waals surface area contributed by atoms with Crippen molar-refractivity contribution in [1.29, 1.82) is 0 Å². The van der Waals surface area contributed by atoms with E-state index in [-0.39, 0.29) is 17.9 Å². The first-order chi connectivity index (χ1) is 10.5. The number of halogens is 1. The Bertz CT molecular complexity index is 636. The van der Waals surface area contributed by atoms with Crippen molar-refractivity contribution in [1.82, 2.24) is 14.9 Å². The first-order valence-corrected chi connectivity index (χ1v) is 7.87. The molecule has 1 atom stereocenters. The Morgan fingerprint density at radius 1 is 1.36 bits per heavy atom. The summed E-state index contributed by atoms with van der Waals surface area (Å²) in [6.07, 6.45) is 4.69. The van der Waals surface area contributed by atoms with E-state index in [0.29, 0.717) is 17.9 Å². The van der Waals surface area contributed by atoms with E-state index in [4.69, 9.17) is 11.6 Å². The SMILES string of the molecule is CC(C)[C@H](NC(=O)CCc1ccccc1Cl)c1nccn1C. The molecule has 4 nitrogen and oxygen atoms in total. The monoisotopic (exact) mass is 319 g/mol. The van der Waals surface area contributed by atoms with E-state index in [1.165, 1.54) is 0 Å². The second kappa shape index (κ2) is 7.45. The molecule has 1 amide bonds. The van der Waals surface area contributed by atoms with Crippen LogP contribution in [0.15, 0.2) is 36.7 Å². The quantitative estimate of drug-likeness (QED) is 0.885. The zero-order chi connectivity index (χ0) is 16.1. The molecule has 0 aliphatic carbocycles. The molecule has 0 saturated carbocycles. The molecule has 0 bridgehead atoms. The summed E-state index contributed by atoms with van der Waals surface area (Å²) in [5.74, 6) is 1.16. The molecule has 2 aromatic rings. The molecule has 0 saturated heterocycles. The molecule has 0 aliphatic heterocycles. The Labute approximate surface area is 136 Å². The lowest BCUT2D eigenvalue weighted by Crippen LogP contribution is -2.33. The van der Waals surface area contributed by atoms with E-state index in [1.54, 1.807) is 6.20 Å². The summed E-state index contributed by atoms with van der Waals surface area (Å²) >= 11 is 6.12. The lowest BCUT2D eigenvalue weighted by molar-refractivity contribution is -0.122. The third-order valence-corrected chi connectivity index (χ3v) is 4.07. The number of carbonyl (C=O) groups excluding carboxylic acids is 1. The van der Waals surface area contributed by atoms with E-state index < -0.39 is 0 Å². The molecule has 118 valence electrons. The van der Waals surface area contributed by atoms with Crippen molar-refractivity contribution in [3.8, 4) is 0 Å². The fourth-order valence-corrected chi connectivity index (χ4v) is 2.63.